The van der Waals surface area contributed by atoms with Gasteiger partial charge >= 0.3 is 0 Å². The Balaban J connectivity index is 2.76. The molecule has 0 radical (unpaired) electrons. The molecular weight excluding hydrogens is 273 g/mol. The molecule has 88 valence electrons. The summed E-state index contributed by atoms with van der Waals surface area (Å²) < 4.78 is 13.3. The summed E-state index contributed by atoms with van der Waals surface area (Å²) in [6, 6.07) is 4.44. The normalized spacial score (nSPS) is 10.6. The van der Waals surface area contributed by atoms with E-state index in [-0.39, 0.29) is 17.8 Å². The van der Waals surface area contributed by atoms with Gasteiger partial charge in [0.15, 0.2) is 0 Å². The number of nitrogens with one attached hydrogen (secondary N) is 1. The van der Waals surface area contributed by atoms with Crippen LogP contribution < -0.4 is 5.32 Å². The van der Waals surface area contributed by atoms with Gasteiger partial charge in [-0.1, -0.05) is 13.8 Å². The Morgan fingerprint density at radius 3 is 2.56 bits per heavy atom. The number of rotatable bonds is 4. The molecule has 1 amide bonds. The van der Waals surface area contributed by atoms with E-state index >= 15 is 0 Å². The maximum atomic E-state index is 13.0. The first-order valence-corrected chi connectivity index (χ1v) is 6.13. The fourth-order valence-electron chi connectivity index (χ4n) is 1.40. The quantitative estimate of drug-likeness (QED) is 0.902. The molecule has 0 heterocycles. The first-order chi connectivity index (χ1) is 7.58. The van der Waals surface area contributed by atoms with Gasteiger partial charge in [0.25, 0.3) is 5.91 Å². The van der Waals surface area contributed by atoms with Crippen LogP contribution in [0.3, 0.4) is 0 Å². The zero-order valence-electron chi connectivity index (χ0n) is 9.39. The van der Waals surface area contributed by atoms with Gasteiger partial charge in [0.1, 0.15) is 5.82 Å². The van der Waals surface area contributed by atoms with E-state index in [2.05, 4.69) is 21.2 Å². The Morgan fingerprint density at radius 1 is 1.44 bits per heavy atom. The summed E-state index contributed by atoms with van der Waals surface area (Å²) in [6.07, 6.45) is 1.79. The predicted octanol–water partition coefficient (Wildman–Crippen LogP) is 3.51. The zero-order chi connectivity index (χ0) is 12.1. The van der Waals surface area contributed by atoms with Crippen molar-refractivity contribution in [3.63, 3.8) is 0 Å². The Kier molecular flexibility index (Phi) is 4.93. The summed E-state index contributed by atoms with van der Waals surface area (Å²) >= 11 is 3.06. The van der Waals surface area contributed by atoms with Crippen molar-refractivity contribution in [3.05, 3.63) is 34.1 Å². The lowest BCUT2D eigenvalue weighted by Gasteiger charge is -2.14. The van der Waals surface area contributed by atoms with E-state index in [4.69, 9.17) is 0 Å². The third kappa shape index (κ3) is 3.30. The molecule has 0 fully saturated rings. The van der Waals surface area contributed by atoms with E-state index in [1.165, 1.54) is 18.2 Å². The van der Waals surface area contributed by atoms with Crippen molar-refractivity contribution < 1.29 is 9.18 Å². The molecule has 16 heavy (non-hydrogen) atoms. The topological polar surface area (TPSA) is 29.1 Å². The summed E-state index contributed by atoms with van der Waals surface area (Å²) in [5.74, 6) is -0.520. The number of hydrogen-bond donors (Lipinski definition) is 1. The lowest BCUT2D eigenvalue weighted by atomic mass is 10.1. The Morgan fingerprint density at radius 2 is 2.06 bits per heavy atom. The number of carbonyl (C=O) groups excluding carboxylic acids is 1. The van der Waals surface area contributed by atoms with Gasteiger partial charge in [0, 0.05) is 11.6 Å². The van der Waals surface area contributed by atoms with Crippen LogP contribution in [0.5, 0.6) is 0 Å². The molecule has 0 aliphatic heterocycles. The minimum absolute atomic E-state index is 0.158. The molecule has 0 aromatic heterocycles. The monoisotopic (exact) mass is 287 g/mol. The van der Waals surface area contributed by atoms with Gasteiger partial charge < -0.3 is 5.32 Å². The molecule has 4 heteroatoms. The van der Waals surface area contributed by atoms with E-state index in [1.807, 2.05) is 13.8 Å². The fraction of sp³-hybridized carbons (Fsp3) is 0.417. The zero-order valence-corrected chi connectivity index (χ0v) is 11.0. The van der Waals surface area contributed by atoms with E-state index < -0.39 is 0 Å². The highest BCUT2D eigenvalue weighted by molar-refractivity contribution is 9.10. The molecule has 0 bridgehead atoms. The molecule has 0 saturated carbocycles. The fourth-order valence-corrected chi connectivity index (χ4v) is 1.78. The number of hydrogen-bond acceptors (Lipinski definition) is 1. The van der Waals surface area contributed by atoms with Gasteiger partial charge in [-0.25, -0.2) is 4.39 Å². The van der Waals surface area contributed by atoms with Crippen LogP contribution in [0.15, 0.2) is 22.7 Å². The highest BCUT2D eigenvalue weighted by Crippen LogP contribution is 2.17. The van der Waals surface area contributed by atoms with Crippen LogP contribution in [0, 0.1) is 5.82 Å². The molecule has 0 atom stereocenters. The third-order valence-electron chi connectivity index (χ3n) is 2.50. The lowest BCUT2D eigenvalue weighted by molar-refractivity contribution is 0.0934. The third-order valence-corrected chi connectivity index (χ3v) is 3.11. The Labute approximate surface area is 103 Å². The largest absolute Gasteiger partial charge is 0.349 e. The van der Waals surface area contributed by atoms with Gasteiger partial charge in [-0.3, -0.25) is 4.79 Å². The number of halogens is 2. The van der Waals surface area contributed by atoms with E-state index in [0.717, 1.165) is 12.8 Å². The van der Waals surface area contributed by atoms with Gasteiger partial charge in [-0.05, 0) is 47.0 Å². The average molecular weight is 288 g/mol. The van der Waals surface area contributed by atoms with Crippen molar-refractivity contribution in [2.45, 2.75) is 32.7 Å². The minimum atomic E-state index is -0.362. The van der Waals surface area contributed by atoms with E-state index in [9.17, 15) is 9.18 Å². The molecule has 2 nitrogen and oxygen atoms in total. The molecule has 1 aromatic carbocycles. The molecule has 1 N–H and O–H groups in total. The van der Waals surface area contributed by atoms with Crippen LogP contribution in [-0.2, 0) is 0 Å². The Bertz CT molecular complexity index is 377. The number of benzene rings is 1. The first-order valence-electron chi connectivity index (χ1n) is 5.34. The van der Waals surface area contributed by atoms with Crippen LogP contribution in [0.25, 0.3) is 0 Å². The van der Waals surface area contributed by atoms with Crippen molar-refractivity contribution in [2.75, 3.05) is 0 Å². The van der Waals surface area contributed by atoms with Crippen LogP contribution in [0.4, 0.5) is 4.39 Å². The van der Waals surface area contributed by atoms with Gasteiger partial charge in [0.05, 0.1) is 4.47 Å². The Hall–Kier alpha value is -0.900. The second-order valence-corrected chi connectivity index (χ2v) is 4.47. The molecular formula is C12H15BrFNO. The minimum Gasteiger partial charge on any atom is -0.349 e. The summed E-state index contributed by atoms with van der Waals surface area (Å²) in [5, 5.41) is 2.90. The molecule has 0 saturated heterocycles. The SMILES string of the molecule is CCC(CC)NC(=O)c1ccc(F)c(Br)c1. The number of carbonyl (C=O) groups is 1. The van der Waals surface area contributed by atoms with Gasteiger partial charge in [-0.2, -0.15) is 0 Å². The van der Waals surface area contributed by atoms with Gasteiger partial charge in [0.2, 0.25) is 0 Å². The van der Waals surface area contributed by atoms with Crippen molar-refractivity contribution in [2.24, 2.45) is 0 Å². The van der Waals surface area contributed by atoms with Crippen LogP contribution in [0.1, 0.15) is 37.0 Å². The van der Waals surface area contributed by atoms with Crippen molar-refractivity contribution in [3.8, 4) is 0 Å². The van der Waals surface area contributed by atoms with Gasteiger partial charge in [-0.15, -0.1) is 0 Å². The maximum Gasteiger partial charge on any atom is 0.251 e. The lowest BCUT2D eigenvalue weighted by Crippen LogP contribution is -2.33. The average Bonchev–Trinajstić information content (AvgIpc) is 2.29. The summed E-state index contributed by atoms with van der Waals surface area (Å²) in [7, 11) is 0. The van der Waals surface area contributed by atoms with Crippen molar-refractivity contribution >= 4 is 21.8 Å². The molecule has 1 rings (SSSR count). The second-order valence-electron chi connectivity index (χ2n) is 3.62. The number of amides is 1. The maximum absolute atomic E-state index is 13.0. The highest BCUT2D eigenvalue weighted by Gasteiger charge is 2.11. The molecule has 0 aliphatic rings. The van der Waals surface area contributed by atoms with Crippen LogP contribution in [0.2, 0.25) is 0 Å². The highest BCUT2D eigenvalue weighted by atomic mass is 79.9. The van der Waals surface area contributed by atoms with Crippen LogP contribution >= 0.6 is 15.9 Å². The van der Waals surface area contributed by atoms with E-state index in [0.29, 0.717) is 10.0 Å². The second kappa shape index (κ2) is 5.99. The summed E-state index contributed by atoms with van der Waals surface area (Å²) in [5.41, 5.74) is 0.472. The van der Waals surface area contributed by atoms with Crippen molar-refractivity contribution in [1.82, 2.24) is 5.32 Å². The van der Waals surface area contributed by atoms with Crippen molar-refractivity contribution in [1.29, 1.82) is 0 Å². The standard InChI is InChI=1S/C12H15BrFNO/c1-3-9(4-2)15-12(16)8-5-6-11(14)10(13)7-8/h5-7,9H,3-4H2,1-2H3,(H,15,16). The predicted molar refractivity (Wildman–Crippen MR) is 65.9 cm³/mol. The molecule has 1 aromatic rings. The molecule has 0 unspecified atom stereocenters. The summed E-state index contributed by atoms with van der Waals surface area (Å²) in [4.78, 5) is 11.8. The smallest absolute Gasteiger partial charge is 0.251 e. The first kappa shape index (κ1) is 13.2. The summed E-state index contributed by atoms with van der Waals surface area (Å²) in [6.45, 7) is 4.05. The molecule has 0 spiro atoms. The van der Waals surface area contributed by atoms with Crippen LogP contribution in [-0.4, -0.2) is 11.9 Å². The molecule has 0 aliphatic carbocycles. The van der Waals surface area contributed by atoms with E-state index in [1.54, 1.807) is 0 Å².